The summed E-state index contributed by atoms with van der Waals surface area (Å²) < 4.78 is 10.6. The SMILES string of the molecule is COc1cc(C(=O)NCC2=CCNCC2)cc(OC)c1C. The number of ether oxygens (including phenoxy) is 2. The van der Waals surface area contributed by atoms with Gasteiger partial charge in [0.1, 0.15) is 11.5 Å². The van der Waals surface area contributed by atoms with Crippen LogP contribution in [-0.4, -0.2) is 39.8 Å². The van der Waals surface area contributed by atoms with Crippen molar-refractivity contribution >= 4 is 5.91 Å². The van der Waals surface area contributed by atoms with Gasteiger partial charge < -0.3 is 20.1 Å². The second-order valence-electron chi connectivity index (χ2n) is 5.00. The maximum Gasteiger partial charge on any atom is 0.251 e. The maximum absolute atomic E-state index is 12.3. The molecule has 0 saturated carbocycles. The van der Waals surface area contributed by atoms with E-state index in [9.17, 15) is 4.79 Å². The third-order valence-corrected chi connectivity index (χ3v) is 3.65. The van der Waals surface area contributed by atoms with Gasteiger partial charge in [-0.3, -0.25) is 4.79 Å². The molecule has 0 fully saturated rings. The Hall–Kier alpha value is -2.01. The van der Waals surface area contributed by atoms with Crippen molar-refractivity contribution in [3.8, 4) is 11.5 Å². The highest BCUT2D eigenvalue weighted by molar-refractivity contribution is 5.95. The van der Waals surface area contributed by atoms with Crippen LogP contribution in [0.3, 0.4) is 0 Å². The number of carbonyl (C=O) groups is 1. The number of amides is 1. The van der Waals surface area contributed by atoms with Crippen molar-refractivity contribution in [2.45, 2.75) is 13.3 Å². The van der Waals surface area contributed by atoms with Crippen LogP contribution in [0.1, 0.15) is 22.3 Å². The summed E-state index contributed by atoms with van der Waals surface area (Å²) in [6.45, 7) is 4.32. The van der Waals surface area contributed by atoms with Crippen LogP contribution in [0.4, 0.5) is 0 Å². The van der Waals surface area contributed by atoms with E-state index < -0.39 is 0 Å². The van der Waals surface area contributed by atoms with Crippen LogP contribution in [-0.2, 0) is 0 Å². The third kappa shape index (κ3) is 3.76. The molecule has 0 saturated heterocycles. The summed E-state index contributed by atoms with van der Waals surface area (Å²) in [5.41, 5.74) is 2.69. The smallest absolute Gasteiger partial charge is 0.251 e. The van der Waals surface area contributed by atoms with Crippen molar-refractivity contribution in [3.63, 3.8) is 0 Å². The molecule has 0 spiro atoms. The number of benzene rings is 1. The summed E-state index contributed by atoms with van der Waals surface area (Å²) in [5, 5.41) is 6.19. The van der Waals surface area contributed by atoms with Gasteiger partial charge in [0, 0.05) is 24.2 Å². The summed E-state index contributed by atoms with van der Waals surface area (Å²) in [4.78, 5) is 12.3. The van der Waals surface area contributed by atoms with Crippen molar-refractivity contribution < 1.29 is 14.3 Å². The van der Waals surface area contributed by atoms with E-state index in [-0.39, 0.29) is 5.91 Å². The van der Waals surface area contributed by atoms with Gasteiger partial charge in [-0.25, -0.2) is 0 Å². The number of hydrogen-bond acceptors (Lipinski definition) is 4. The molecule has 5 nitrogen and oxygen atoms in total. The molecule has 0 radical (unpaired) electrons. The van der Waals surface area contributed by atoms with Gasteiger partial charge in [0.05, 0.1) is 14.2 Å². The molecular formula is C16H22N2O3. The lowest BCUT2D eigenvalue weighted by molar-refractivity contribution is 0.0956. The molecule has 0 atom stereocenters. The van der Waals surface area contributed by atoms with E-state index in [2.05, 4.69) is 16.7 Å². The minimum absolute atomic E-state index is 0.119. The molecule has 114 valence electrons. The fraction of sp³-hybridized carbons (Fsp3) is 0.438. The molecule has 1 aliphatic rings. The van der Waals surface area contributed by atoms with Crippen LogP contribution in [0.2, 0.25) is 0 Å². The zero-order chi connectivity index (χ0) is 15.2. The number of rotatable bonds is 5. The summed E-state index contributed by atoms with van der Waals surface area (Å²) in [7, 11) is 3.17. The summed E-state index contributed by atoms with van der Waals surface area (Å²) >= 11 is 0. The topological polar surface area (TPSA) is 59.6 Å². The highest BCUT2D eigenvalue weighted by Crippen LogP contribution is 2.29. The number of methoxy groups -OCH3 is 2. The molecule has 21 heavy (non-hydrogen) atoms. The molecule has 1 aromatic carbocycles. The van der Waals surface area contributed by atoms with Crippen molar-refractivity contribution in [2.24, 2.45) is 0 Å². The number of hydrogen-bond donors (Lipinski definition) is 2. The molecule has 1 aliphatic heterocycles. The van der Waals surface area contributed by atoms with Gasteiger partial charge in [-0.2, -0.15) is 0 Å². The average Bonchev–Trinajstić information content (AvgIpc) is 2.53. The number of carbonyl (C=O) groups excluding carboxylic acids is 1. The Morgan fingerprint density at radius 1 is 1.29 bits per heavy atom. The minimum Gasteiger partial charge on any atom is -0.496 e. The van der Waals surface area contributed by atoms with Gasteiger partial charge in [0.2, 0.25) is 0 Å². The van der Waals surface area contributed by atoms with Crippen molar-refractivity contribution in [3.05, 3.63) is 34.9 Å². The third-order valence-electron chi connectivity index (χ3n) is 3.65. The monoisotopic (exact) mass is 290 g/mol. The first-order chi connectivity index (χ1) is 10.2. The molecule has 0 aromatic heterocycles. The Balaban J connectivity index is 2.09. The molecule has 0 bridgehead atoms. The van der Waals surface area contributed by atoms with Crippen LogP contribution in [0.25, 0.3) is 0 Å². The second-order valence-corrected chi connectivity index (χ2v) is 5.00. The van der Waals surface area contributed by atoms with E-state index in [1.54, 1.807) is 26.4 Å². The zero-order valence-corrected chi connectivity index (χ0v) is 12.8. The Morgan fingerprint density at radius 2 is 1.95 bits per heavy atom. The molecule has 1 aromatic rings. The van der Waals surface area contributed by atoms with E-state index >= 15 is 0 Å². The Morgan fingerprint density at radius 3 is 2.48 bits per heavy atom. The summed E-state index contributed by atoms with van der Waals surface area (Å²) in [6.07, 6.45) is 3.10. The van der Waals surface area contributed by atoms with Crippen LogP contribution in [0.15, 0.2) is 23.8 Å². The molecule has 1 amide bonds. The molecule has 0 unspecified atom stereocenters. The van der Waals surface area contributed by atoms with Gasteiger partial charge in [-0.1, -0.05) is 11.6 Å². The summed E-state index contributed by atoms with van der Waals surface area (Å²) in [6, 6.07) is 3.48. The minimum atomic E-state index is -0.119. The Labute approximate surface area is 125 Å². The maximum atomic E-state index is 12.3. The van der Waals surface area contributed by atoms with Crippen LogP contribution < -0.4 is 20.1 Å². The van der Waals surface area contributed by atoms with E-state index in [0.717, 1.165) is 25.1 Å². The lowest BCUT2D eigenvalue weighted by Gasteiger charge is -2.16. The molecule has 2 N–H and O–H groups in total. The second kappa shape index (κ2) is 7.13. The fourth-order valence-corrected chi connectivity index (χ4v) is 2.34. The Bertz CT molecular complexity index is 527. The van der Waals surface area contributed by atoms with E-state index in [4.69, 9.17) is 9.47 Å². The first-order valence-electron chi connectivity index (χ1n) is 7.05. The predicted octanol–water partition coefficient (Wildman–Crippen LogP) is 1.66. The first kappa shape index (κ1) is 15.4. The quantitative estimate of drug-likeness (QED) is 0.810. The largest absolute Gasteiger partial charge is 0.496 e. The highest BCUT2D eigenvalue weighted by Gasteiger charge is 2.14. The van der Waals surface area contributed by atoms with Gasteiger partial charge in [0.25, 0.3) is 5.91 Å². The number of nitrogens with one attached hydrogen (secondary N) is 2. The van der Waals surface area contributed by atoms with Gasteiger partial charge >= 0.3 is 0 Å². The van der Waals surface area contributed by atoms with Gasteiger partial charge in [-0.05, 0) is 32.0 Å². The average molecular weight is 290 g/mol. The highest BCUT2D eigenvalue weighted by atomic mass is 16.5. The van der Waals surface area contributed by atoms with Crippen LogP contribution in [0.5, 0.6) is 11.5 Å². The molecule has 0 aliphatic carbocycles. The van der Waals surface area contributed by atoms with E-state index in [1.807, 2.05) is 6.92 Å². The van der Waals surface area contributed by atoms with Crippen molar-refractivity contribution in [1.29, 1.82) is 0 Å². The molecular weight excluding hydrogens is 268 g/mol. The predicted molar refractivity (Wildman–Crippen MR) is 82.2 cm³/mol. The van der Waals surface area contributed by atoms with E-state index in [1.165, 1.54) is 5.57 Å². The molecule has 5 heteroatoms. The van der Waals surface area contributed by atoms with Gasteiger partial charge in [-0.15, -0.1) is 0 Å². The van der Waals surface area contributed by atoms with Gasteiger partial charge in [0.15, 0.2) is 0 Å². The fourth-order valence-electron chi connectivity index (χ4n) is 2.34. The van der Waals surface area contributed by atoms with E-state index in [0.29, 0.717) is 23.6 Å². The normalized spacial score (nSPS) is 14.3. The first-order valence-corrected chi connectivity index (χ1v) is 7.05. The summed E-state index contributed by atoms with van der Waals surface area (Å²) in [5.74, 6) is 1.19. The molecule has 2 rings (SSSR count). The zero-order valence-electron chi connectivity index (χ0n) is 12.8. The molecule has 1 heterocycles. The van der Waals surface area contributed by atoms with Crippen LogP contribution in [0, 0.1) is 6.92 Å². The lowest BCUT2D eigenvalue weighted by Crippen LogP contribution is -2.29. The van der Waals surface area contributed by atoms with Crippen molar-refractivity contribution in [1.82, 2.24) is 10.6 Å². The lowest BCUT2D eigenvalue weighted by atomic mass is 10.1. The Kier molecular flexibility index (Phi) is 5.22. The van der Waals surface area contributed by atoms with Crippen molar-refractivity contribution in [2.75, 3.05) is 33.9 Å². The van der Waals surface area contributed by atoms with Crippen LogP contribution >= 0.6 is 0 Å². The standard InChI is InChI=1S/C16H22N2O3/c1-11-14(20-2)8-13(9-15(11)21-3)16(19)18-10-12-4-6-17-7-5-12/h4,8-9,17H,5-7,10H2,1-3H3,(H,18,19).